The second kappa shape index (κ2) is 5.09. The maximum Gasteiger partial charge on any atom is 0.107 e. The van der Waals surface area contributed by atoms with Gasteiger partial charge in [-0.25, -0.2) is 0 Å². The van der Waals surface area contributed by atoms with Crippen LogP contribution in [-0.2, 0) is 6.54 Å². The summed E-state index contributed by atoms with van der Waals surface area (Å²) in [6, 6.07) is 6.42. The normalized spacial score (nSPS) is 18.9. The number of hydrogen-bond donors (Lipinski definition) is 1. The first-order valence-corrected chi connectivity index (χ1v) is 5.90. The van der Waals surface area contributed by atoms with Crippen LogP contribution in [0.25, 0.3) is 0 Å². The van der Waals surface area contributed by atoms with E-state index >= 15 is 0 Å². The molecule has 1 aliphatic carbocycles. The van der Waals surface area contributed by atoms with Gasteiger partial charge in [-0.2, -0.15) is 5.26 Å². The monoisotopic (exact) mass is 215 g/mol. The molecule has 0 aliphatic heterocycles. The van der Waals surface area contributed by atoms with Gasteiger partial charge in [0.15, 0.2) is 0 Å². The molecule has 0 amide bonds. The second-order valence-electron chi connectivity index (χ2n) is 4.47. The molecule has 0 unspecified atom stereocenters. The van der Waals surface area contributed by atoms with Crippen LogP contribution in [0.5, 0.6) is 0 Å². The lowest BCUT2D eigenvalue weighted by Crippen LogP contribution is -2.44. The average molecular weight is 215 g/mol. The van der Waals surface area contributed by atoms with E-state index in [-0.39, 0.29) is 5.54 Å². The highest BCUT2D eigenvalue weighted by atomic mass is 15.0. The Bertz CT molecular complexity index is 361. The Balaban J connectivity index is 1.95. The molecule has 3 nitrogen and oxygen atoms in total. The number of hydrogen-bond acceptors (Lipinski definition) is 3. The third-order valence-electron chi connectivity index (χ3n) is 3.27. The maximum absolute atomic E-state index is 9.29. The van der Waals surface area contributed by atoms with E-state index in [1.165, 1.54) is 6.42 Å². The predicted octanol–water partition coefficient (Wildman–Crippen LogP) is 2.40. The molecule has 1 aromatic heterocycles. The fraction of sp³-hybridized carbons (Fsp3) is 0.538. The molecule has 1 N–H and O–H groups in total. The van der Waals surface area contributed by atoms with E-state index in [9.17, 15) is 5.26 Å². The Morgan fingerprint density at radius 1 is 1.38 bits per heavy atom. The first kappa shape index (κ1) is 11.1. The average Bonchev–Trinajstić information content (AvgIpc) is 2.39. The van der Waals surface area contributed by atoms with Crippen LogP contribution in [0.2, 0.25) is 0 Å². The van der Waals surface area contributed by atoms with E-state index in [0.717, 1.165) is 37.8 Å². The largest absolute Gasteiger partial charge is 0.295 e. The van der Waals surface area contributed by atoms with Gasteiger partial charge in [-0.15, -0.1) is 0 Å². The molecule has 1 heterocycles. The van der Waals surface area contributed by atoms with E-state index in [4.69, 9.17) is 0 Å². The number of pyridine rings is 1. The van der Waals surface area contributed by atoms with Crippen LogP contribution in [0, 0.1) is 11.3 Å². The summed E-state index contributed by atoms with van der Waals surface area (Å²) in [7, 11) is 0. The van der Waals surface area contributed by atoms with Crippen molar-refractivity contribution in [1.29, 1.82) is 5.26 Å². The highest BCUT2D eigenvalue weighted by molar-refractivity contribution is 5.13. The first-order valence-electron chi connectivity index (χ1n) is 5.90. The Morgan fingerprint density at radius 3 is 2.81 bits per heavy atom. The quantitative estimate of drug-likeness (QED) is 0.842. The van der Waals surface area contributed by atoms with Gasteiger partial charge in [0.1, 0.15) is 5.54 Å². The molecule has 84 valence electrons. The molecule has 0 aromatic carbocycles. The molecule has 0 spiro atoms. The lowest BCUT2D eigenvalue weighted by atomic mass is 9.83. The van der Waals surface area contributed by atoms with Crippen LogP contribution in [0.3, 0.4) is 0 Å². The summed E-state index contributed by atoms with van der Waals surface area (Å²) in [6.07, 6.45) is 9.15. The molecule has 0 radical (unpaired) electrons. The summed E-state index contributed by atoms with van der Waals surface area (Å²) in [4.78, 5) is 4.07. The predicted molar refractivity (Wildman–Crippen MR) is 62.5 cm³/mol. The van der Waals surface area contributed by atoms with Crippen LogP contribution in [-0.4, -0.2) is 10.5 Å². The molecule has 16 heavy (non-hydrogen) atoms. The summed E-state index contributed by atoms with van der Waals surface area (Å²) in [5.74, 6) is 0. The third kappa shape index (κ3) is 2.59. The topological polar surface area (TPSA) is 48.7 Å². The highest BCUT2D eigenvalue weighted by Gasteiger charge is 2.31. The van der Waals surface area contributed by atoms with Gasteiger partial charge < -0.3 is 0 Å². The van der Waals surface area contributed by atoms with Crippen molar-refractivity contribution >= 4 is 0 Å². The lowest BCUT2D eigenvalue weighted by molar-refractivity contribution is 0.296. The minimum Gasteiger partial charge on any atom is -0.295 e. The maximum atomic E-state index is 9.29. The first-order chi connectivity index (χ1) is 7.85. The summed E-state index contributed by atoms with van der Waals surface area (Å²) >= 11 is 0. The zero-order valence-electron chi connectivity index (χ0n) is 9.45. The van der Waals surface area contributed by atoms with Gasteiger partial charge in [0, 0.05) is 18.9 Å². The summed E-state index contributed by atoms with van der Waals surface area (Å²) in [5, 5.41) is 12.7. The smallest absolute Gasteiger partial charge is 0.107 e. The Morgan fingerprint density at radius 2 is 2.19 bits per heavy atom. The van der Waals surface area contributed by atoms with Crippen molar-refractivity contribution in [3.8, 4) is 6.07 Å². The van der Waals surface area contributed by atoms with Gasteiger partial charge in [-0.1, -0.05) is 25.3 Å². The summed E-state index contributed by atoms with van der Waals surface area (Å²) < 4.78 is 0. The van der Waals surface area contributed by atoms with Crippen LogP contribution in [0.15, 0.2) is 24.5 Å². The van der Waals surface area contributed by atoms with Crippen molar-refractivity contribution in [3.05, 3.63) is 30.1 Å². The fourth-order valence-corrected chi connectivity index (χ4v) is 2.26. The third-order valence-corrected chi connectivity index (χ3v) is 3.27. The SMILES string of the molecule is N#CC1(NCc2cccnc2)CCCCC1. The number of nitrogens with zero attached hydrogens (tertiary/aromatic N) is 2. The van der Waals surface area contributed by atoms with E-state index < -0.39 is 0 Å². The molecular weight excluding hydrogens is 198 g/mol. The van der Waals surface area contributed by atoms with E-state index in [1.54, 1.807) is 6.20 Å². The number of nitrogens with one attached hydrogen (secondary N) is 1. The van der Waals surface area contributed by atoms with Crippen molar-refractivity contribution in [1.82, 2.24) is 10.3 Å². The molecular formula is C13H17N3. The van der Waals surface area contributed by atoms with Crippen LogP contribution >= 0.6 is 0 Å². The van der Waals surface area contributed by atoms with Crippen molar-refractivity contribution in [2.75, 3.05) is 0 Å². The number of aromatic nitrogens is 1. The molecule has 3 heteroatoms. The van der Waals surface area contributed by atoms with Crippen molar-refractivity contribution in [2.24, 2.45) is 0 Å². The van der Waals surface area contributed by atoms with E-state index in [1.807, 2.05) is 18.3 Å². The molecule has 0 bridgehead atoms. The lowest BCUT2D eigenvalue weighted by Gasteiger charge is -2.31. The Kier molecular flexibility index (Phi) is 3.53. The number of nitriles is 1. The minimum atomic E-state index is -0.298. The molecule has 1 aromatic rings. The fourth-order valence-electron chi connectivity index (χ4n) is 2.26. The minimum absolute atomic E-state index is 0.298. The van der Waals surface area contributed by atoms with Crippen molar-refractivity contribution < 1.29 is 0 Å². The van der Waals surface area contributed by atoms with Gasteiger partial charge in [-0.3, -0.25) is 10.3 Å². The van der Waals surface area contributed by atoms with Crippen LogP contribution < -0.4 is 5.32 Å². The molecule has 1 saturated carbocycles. The standard InChI is InChI=1S/C13H17N3/c14-11-13(6-2-1-3-7-13)16-10-12-5-4-8-15-9-12/h4-5,8-9,16H,1-3,6-7,10H2. The van der Waals surface area contributed by atoms with Gasteiger partial charge in [-0.05, 0) is 24.5 Å². The Labute approximate surface area is 96.5 Å². The summed E-state index contributed by atoms with van der Waals surface area (Å²) in [5.41, 5.74) is 0.844. The van der Waals surface area contributed by atoms with Crippen LogP contribution in [0.1, 0.15) is 37.7 Å². The van der Waals surface area contributed by atoms with Gasteiger partial charge in [0.05, 0.1) is 6.07 Å². The zero-order chi connectivity index (χ0) is 11.3. The highest BCUT2D eigenvalue weighted by Crippen LogP contribution is 2.27. The van der Waals surface area contributed by atoms with Gasteiger partial charge >= 0.3 is 0 Å². The molecule has 0 atom stereocenters. The van der Waals surface area contributed by atoms with Crippen molar-refractivity contribution in [2.45, 2.75) is 44.2 Å². The molecule has 0 saturated heterocycles. The Hall–Kier alpha value is -1.40. The molecule has 1 fully saturated rings. The van der Waals surface area contributed by atoms with Crippen molar-refractivity contribution in [3.63, 3.8) is 0 Å². The van der Waals surface area contributed by atoms with Crippen LogP contribution in [0.4, 0.5) is 0 Å². The van der Waals surface area contributed by atoms with E-state index in [2.05, 4.69) is 16.4 Å². The second-order valence-corrected chi connectivity index (χ2v) is 4.47. The molecule has 2 rings (SSSR count). The number of rotatable bonds is 3. The zero-order valence-corrected chi connectivity index (χ0v) is 9.45. The van der Waals surface area contributed by atoms with Gasteiger partial charge in [0.2, 0.25) is 0 Å². The van der Waals surface area contributed by atoms with Gasteiger partial charge in [0.25, 0.3) is 0 Å². The van der Waals surface area contributed by atoms with E-state index in [0.29, 0.717) is 0 Å². The summed E-state index contributed by atoms with van der Waals surface area (Å²) in [6.45, 7) is 0.737. The molecule has 1 aliphatic rings.